The second-order valence-corrected chi connectivity index (χ2v) is 5.62. The molecule has 0 heterocycles. The summed E-state index contributed by atoms with van der Waals surface area (Å²) < 4.78 is 0. The maximum absolute atomic E-state index is 12.2. The normalized spacial score (nSPS) is 12.3. The summed E-state index contributed by atoms with van der Waals surface area (Å²) in [5, 5.41) is 3.47. The van der Waals surface area contributed by atoms with Gasteiger partial charge < -0.3 is 10.7 Å². The van der Waals surface area contributed by atoms with Gasteiger partial charge in [-0.1, -0.05) is 25.4 Å². The van der Waals surface area contributed by atoms with Crippen LogP contribution in [0.4, 0.5) is 5.69 Å². The van der Waals surface area contributed by atoms with Gasteiger partial charge in [-0.05, 0) is 43.9 Å². The molecular weight excluding hydrogens is 262 g/mol. The first-order valence-electron chi connectivity index (χ1n) is 6.51. The lowest BCUT2D eigenvalue weighted by atomic mass is 10.0. The van der Waals surface area contributed by atoms with Crippen LogP contribution in [0.3, 0.4) is 0 Å². The number of benzene rings is 1. The summed E-state index contributed by atoms with van der Waals surface area (Å²) in [6, 6.07) is 5.12. The number of anilines is 1. The van der Waals surface area contributed by atoms with Crippen molar-refractivity contribution in [2.45, 2.75) is 39.7 Å². The smallest absolute Gasteiger partial charge is 0.253 e. The zero-order valence-electron chi connectivity index (χ0n) is 11.7. The molecule has 0 aromatic heterocycles. The van der Waals surface area contributed by atoms with Crippen LogP contribution in [-0.4, -0.2) is 11.9 Å². The summed E-state index contributed by atoms with van der Waals surface area (Å²) >= 11 is 5.91. The van der Waals surface area contributed by atoms with Gasteiger partial charge in [0.2, 0.25) is 0 Å². The molecule has 0 saturated carbocycles. The molecule has 0 fully saturated rings. The molecule has 0 saturated heterocycles. The quantitative estimate of drug-likeness (QED) is 0.555. The first kappa shape index (κ1) is 15.8. The standard InChI is InChI=1S/C14H22ClN3O/c1-9(2)4-5-10(3)17-14(19)12-8-11(15)6-7-13(12)18-16/h6-10,18H,4-5,16H2,1-3H3,(H,17,19). The van der Waals surface area contributed by atoms with Crippen LogP contribution < -0.4 is 16.6 Å². The van der Waals surface area contributed by atoms with E-state index in [1.165, 1.54) is 0 Å². The average Bonchev–Trinajstić information content (AvgIpc) is 2.36. The number of amides is 1. The number of nitrogens with one attached hydrogen (secondary N) is 2. The van der Waals surface area contributed by atoms with Crippen LogP contribution in [0.1, 0.15) is 44.0 Å². The van der Waals surface area contributed by atoms with E-state index in [4.69, 9.17) is 17.4 Å². The SMILES string of the molecule is CC(C)CCC(C)NC(=O)c1cc(Cl)ccc1NN. The van der Waals surface area contributed by atoms with Crippen LogP contribution in [0.25, 0.3) is 0 Å². The van der Waals surface area contributed by atoms with Gasteiger partial charge in [-0.2, -0.15) is 0 Å². The van der Waals surface area contributed by atoms with Crippen molar-refractivity contribution in [1.29, 1.82) is 0 Å². The van der Waals surface area contributed by atoms with E-state index in [0.29, 0.717) is 22.2 Å². The third-order valence-corrected chi connectivity index (χ3v) is 3.17. The Bertz CT molecular complexity index is 435. The van der Waals surface area contributed by atoms with Crippen LogP contribution in [0.5, 0.6) is 0 Å². The molecule has 0 bridgehead atoms. The minimum Gasteiger partial charge on any atom is -0.350 e. The molecule has 0 radical (unpaired) electrons. The van der Waals surface area contributed by atoms with Crippen molar-refractivity contribution in [3.05, 3.63) is 28.8 Å². The third-order valence-electron chi connectivity index (χ3n) is 2.94. The van der Waals surface area contributed by atoms with Gasteiger partial charge in [0.25, 0.3) is 5.91 Å². The van der Waals surface area contributed by atoms with Gasteiger partial charge in [0, 0.05) is 11.1 Å². The summed E-state index contributed by atoms with van der Waals surface area (Å²) in [7, 11) is 0. The third kappa shape index (κ3) is 5.09. The van der Waals surface area contributed by atoms with Crippen LogP contribution in [0.2, 0.25) is 5.02 Å². The highest BCUT2D eigenvalue weighted by Gasteiger charge is 2.14. The molecular formula is C14H22ClN3O. The van der Waals surface area contributed by atoms with Crippen LogP contribution >= 0.6 is 11.6 Å². The second-order valence-electron chi connectivity index (χ2n) is 5.18. The first-order valence-corrected chi connectivity index (χ1v) is 6.89. The molecule has 1 unspecified atom stereocenters. The zero-order valence-corrected chi connectivity index (χ0v) is 12.4. The van der Waals surface area contributed by atoms with Gasteiger partial charge in [0.1, 0.15) is 0 Å². The topological polar surface area (TPSA) is 67.2 Å². The number of rotatable bonds is 6. The Kier molecular flexibility index (Phi) is 6.12. The molecule has 1 amide bonds. The Hall–Kier alpha value is -1.26. The van der Waals surface area contributed by atoms with Gasteiger partial charge >= 0.3 is 0 Å². The molecule has 19 heavy (non-hydrogen) atoms. The number of carbonyl (C=O) groups is 1. The van der Waals surface area contributed by atoms with Crippen molar-refractivity contribution < 1.29 is 4.79 Å². The molecule has 0 spiro atoms. The van der Waals surface area contributed by atoms with Gasteiger partial charge in [-0.15, -0.1) is 0 Å². The fourth-order valence-corrected chi connectivity index (χ4v) is 1.96. The Labute approximate surface area is 119 Å². The predicted molar refractivity (Wildman–Crippen MR) is 80.3 cm³/mol. The fraction of sp³-hybridized carbons (Fsp3) is 0.500. The van der Waals surface area contributed by atoms with E-state index < -0.39 is 0 Å². The van der Waals surface area contributed by atoms with Crippen molar-refractivity contribution in [3.8, 4) is 0 Å². The number of nitrogen functional groups attached to an aromatic ring is 1. The van der Waals surface area contributed by atoms with Crippen molar-refractivity contribution in [3.63, 3.8) is 0 Å². The maximum Gasteiger partial charge on any atom is 0.253 e. The Morgan fingerprint density at radius 1 is 1.32 bits per heavy atom. The first-order chi connectivity index (χ1) is 8.93. The van der Waals surface area contributed by atoms with Crippen molar-refractivity contribution in [2.75, 3.05) is 5.43 Å². The molecule has 4 N–H and O–H groups in total. The van der Waals surface area contributed by atoms with Gasteiger partial charge in [0.15, 0.2) is 0 Å². The zero-order chi connectivity index (χ0) is 14.4. The van der Waals surface area contributed by atoms with Crippen LogP contribution in [-0.2, 0) is 0 Å². The van der Waals surface area contributed by atoms with Crippen LogP contribution in [0, 0.1) is 5.92 Å². The number of nitrogens with two attached hydrogens (primary N) is 1. The van der Waals surface area contributed by atoms with E-state index in [1.807, 2.05) is 6.92 Å². The second kappa shape index (κ2) is 7.36. The van der Waals surface area contributed by atoms with Crippen molar-refractivity contribution >= 4 is 23.2 Å². The molecule has 1 aromatic rings. The molecule has 1 atom stereocenters. The highest BCUT2D eigenvalue weighted by atomic mass is 35.5. The Morgan fingerprint density at radius 3 is 2.58 bits per heavy atom. The molecule has 1 aromatic carbocycles. The summed E-state index contributed by atoms with van der Waals surface area (Å²) in [4.78, 5) is 12.2. The molecule has 4 nitrogen and oxygen atoms in total. The molecule has 0 aliphatic rings. The molecule has 5 heteroatoms. The lowest BCUT2D eigenvalue weighted by Crippen LogP contribution is -2.33. The minimum absolute atomic E-state index is 0.125. The maximum atomic E-state index is 12.2. The average molecular weight is 284 g/mol. The Balaban J connectivity index is 2.69. The summed E-state index contributed by atoms with van der Waals surface area (Å²) in [6.45, 7) is 6.34. The lowest BCUT2D eigenvalue weighted by molar-refractivity contribution is 0.0938. The lowest BCUT2D eigenvalue weighted by Gasteiger charge is -2.16. The highest BCUT2D eigenvalue weighted by Crippen LogP contribution is 2.20. The molecule has 106 valence electrons. The van der Waals surface area contributed by atoms with E-state index in [-0.39, 0.29) is 11.9 Å². The van der Waals surface area contributed by atoms with Gasteiger partial charge in [-0.25, -0.2) is 0 Å². The minimum atomic E-state index is -0.160. The Morgan fingerprint density at radius 2 is 2.00 bits per heavy atom. The molecule has 1 rings (SSSR count). The number of hydrazine groups is 1. The largest absolute Gasteiger partial charge is 0.350 e. The van der Waals surface area contributed by atoms with Crippen molar-refractivity contribution in [2.24, 2.45) is 11.8 Å². The van der Waals surface area contributed by atoms with E-state index >= 15 is 0 Å². The van der Waals surface area contributed by atoms with Crippen LogP contribution in [0.15, 0.2) is 18.2 Å². The number of hydrogen-bond donors (Lipinski definition) is 3. The highest BCUT2D eigenvalue weighted by molar-refractivity contribution is 6.31. The van der Waals surface area contributed by atoms with E-state index in [1.54, 1.807) is 18.2 Å². The summed E-state index contributed by atoms with van der Waals surface area (Å²) in [5.41, 5.74) is 3.54. The number of halogens is 1. The van der Waals surface area contributed by atoms with Gasteiger partial charge in [-0.3, -0.25) is 10.6 Å². The predicted octanol–water partition coefficient (Wildman–Crippen LogP) is 3.18. The molecule has 0 aliphatic carbocycles. The monoisotopic (exact) mass is 283 g/mol. The van der Waals surface area contributed by atoms with E-state index in [0.717, 1.165) is 12.8 Å². The molecule has 0 aliphatic heterocycles. The van der Waals surface area contributed by atoms with Gasteiger partial charge in [0.05, 0.1) is 11.3 Å². The fourth-order valence-electron chi connectivity index (χ4n) is 1.79. The number of carbonyl (C=O) groups excluding carboxylic acids is 1. The van der Waals surface area contributed by atoms with Crippen molar-refractivity contribution in [1.82, 2.24) is 5.32 Å². The summed E-state index contributed by atoms with van der Waals surface area (Å²) in [6.07, 6.45) is 2.04. The van der Waals surface area contributed by atoms with E-state index in [9.17, 15) is 4.79 Å². The number of hydrogen-bond acceptors (Lipinski definition) is 3. The van der Waals surface area contributed by atoms with E-state index in [2.05, 4.69) is 24.6 Å². The summed E-state index contributed by atoms with van der Waals surface area (Å²) in [5.74, 6) is 5.87.